The summed E-state index contributed by atoms with van der Waals surface area (Å²) in [6.07, 6.45) is 3.90. The Bertz CT molecular complexity index is 433. The first-order valence-electron chi connectivity index (χ1n) is 8.00. The molecule has 0 bridgehead atoms. The maximum Gasteiger partial charge on any atom is 0.126 e. The summed E-state index contributed by atoms with van der Waals surface area (Å²) in [5.41, 5.74) is 2.00. The van der Waals surface area contributed by atoms with Gasteiger partial charge in [0.15, 0.2) is 0 Å². The largest absolute Gasteiger partial charge is 0.310 e. The summed E-state index contributed by atoms with van der Waals surface area (Å²) in [5, 5.41) is 3.63. The van der Waals surface area contributed by atoms with Crippen LogP contribution in [0.2, 0.25) is 0 Å². The van der Waals surface area contributed by atoms with Crippen molar-refractivity contribution >= 4 is 0 Å². The second-order valence-electron chi connectivity index (χ2n) is 6.72. The van der Waals surface area contributed by atoms with E-state index in [2.05, 4.69) is 26.1 Å². The van der Waals surface area contributed by atoms with Gasteiger partial charge in [-0.2, -0.15) is 0 Å². The van der Waals surface area contributed by atoms with E-state index in [4.69, 9.17) is 0 Å². The Labute approximate surface area is 123 Å². The normalized spacial score (nSPS) is 28.4. The highest BCUT2D eigenvalue weighted by Crippen LogP contribution is 2.40. The van der Waals surface area contributed by atoms with Gasteiger partial charge in [0.05, 0.1) is 0 Å². The van der Waals surface area contributed by atoms with Crippen molar-refractivity contribution in [2.24, 2.45) is 17.8 Å². The lowest BCUT2D eigenvalue weighted by molar-refractivity contribution is 0.177. The van der Waals surface area contributed by atoms with E-state index in [1.807, 2.05) is 19.1 Å². The predicted octanol–water partition coefficient (Wildman–Crippen LogP) is 4.86. The molecule has 0 aliphatic heterocycles. The topological polar surface area (TPSA) is 12.0 Å². The van der Waals surface area contributed by atoms with E-state index in [1.165, 1.54) is 24.8 Å². The van der Waals surface area contributed by atoms with Gasteiger partial charge in [0, 0.05) is 6.04 Å². The Kier molecular flexibility index (Phi) is 5.20. The van der Waals surface area contributed by atoms with Crippen LogP contribution in [0.1, 0.15) is 57.2 Å². The van der Waals surface area contributed by atoms with Crippen LogP contribution in [0.3, 0.4) is 0 Å². The van der Waals surface area contributed by atoms with Crippen molar-refractivity contribution in [3.63, 3.8) is 0 Å². The van der Waals surface area contributed by atoms with E-state index >= 15 is 0 Å². The summed E-state index contributed by atoms with van der Waals surface area (Å²) in [6.45, 7) is 9.69. The number of hydrogen-bond acceptors (Lipinski definition) is 1. The lowest BCUT2D eigenvalue weighted by atomic mass is 9.72. The van der Waals surface area contributed by atoms with Crippen LogP contribution >= 0.6 is 0 Å². The van der Waals surface area contributed by atoms with Gasteiger partial charge in [-0.15, -0.1) is 0 Å². The predicted molar refractivity (Wildman–Crippen MR) is 83.2 cm³/mol. The molecule has 0 heterocycles. The summed E-state index contributed by atoms with van der Waals surface area (Å²) >= 11 is 0. The minimum atomic E-state index is -0.102. The minimum absolute atomic E-state index is 0.102. The van der Waals surface area contributed by atoms with Crippen molar-refractivity contribution in [1.29, 1.82) is 0 Å². The third kappa shape index (κ3) is 3.60. The van der Waals surface area contributed by atoms with Crippen LogP contribution < -0.4 is 5.32 Å². The van der Waals surface area contributed by atoms with Crippen LogP contribution in [0.4, 0.5) is 4.39 Å². The number of halogens is 1. The highest BCUT2D eigenvalue weighted by molar-refractivity contribution is 5.27. The molecule has 0 spiro atoms. The summed E-state index contributed by atoms with van der Waals surface area (Å²) in [4.78, 5) is 0. The van der Waals surface area contributed by atoms with Gasteiger partial charge >= 0.3 is 0 Å². The Morgan fingerprint density at radius 2 is 1.85 bits per heavy atom. The third-order valence-corrected chi connectivity index (χ3v) is 4.65. The molecule has 0 amide bonds. The van der Waals surface area contributed by atoms with Crippen LogP contribution in [-0.4, -0.2) is 6.54 Å². The Balaban J connectivity index is 2.23. The Morgan fingerprint density at radius 3 is 2.40 bits per heavy atom. The van der Waals surface area contributed by atoms with E-state index in [0.717, 1.165) is 23.9 Å². The average Bonchev–Trinajstić information content (AvgIpc) is 2.38. The summed E-state index contributed by atoms with van der Waals surface area (Å²) in [7, 11) is 0. The standard InChI is InChI=1S/C18H28FN/c1-5-20-18(15-6-7-17(19)14(4)11-15)16-9-12(2)8-13(3)10-16/h6-7,11-13,16,18,20H,5,8-10H2,1-4H3. The molecule has 112 valence electrons. The van der Waals surface area contributed by atoms with Crippen molar-refractivity contribution in [2.75, 3.05) is 6.54 Å². The van der Waals surface area contributed by atoms with Crippen molar-refractivity contribution in [2.45, 2.75) is 53.0 Å². The van der Waals surface area contributed by atoms with E-state index in [9.17, 15) is 4.39 Å². The summed E-state index contributed by atoms with van der Waals surface area (Å²) in [6, 6.07) is 5.96. The lowest BCUT2D eigenvalue weighted by Gasteiger charge is -2.37. The molecule has 3 unspecified atom stereocenters. The highest BCUT2D eigenvalue weighted by Gasteiger charge is 2.30. The van der Waals surface area contributed by atoms with Gasteiger partial charge in [-0.1, -0.05) is 32.9 Å². The quantitative estimate of drug-likeness (QED) is 0.829. The van der Waals surface area contributed by atoms with E-state index in [0.29, 0.717) is 12.0 Å². The number of hydrogen-bond donors (Lipinski definition) is 1. The van der Waals surface area contributed by atoms with Crippen LogP contribution in [0.15, 0.2) is 18.2 Å². The number of rotatable bonds is 4. The SMILES string of the molecule is CCNC(c1ccc(F)c(C)c1)C1CC(C)CC(C)C1. The zero-order valence-corrected chi connectivity index (χ0v) is 13.2. The maximum absolute atomic E-state index is 13.5. The first-order valence-corrected chi connectivity index (χ1v) is 8.00. The van der Waals surface area contributed by atoms with Crippen LogP contribution in [0.5, 0.6) is 0 Å². The molecule has 3 atom stereocenters. The molecular weight excluding hydrogens is 249 g/mol. The van der Waals surface area contributed by atoms with Gasteiger partial charge < -0.3 is 5.32 Å². The second kappa shape index (κ2) is 6.71. The number of nitrogens with one attached hydrogen (secondary N) is 1. The molecule has 2 rings (SSSR count). The van der Waals surface area contributed by atoms with Crippen molar-refractivity contribution in [1.82, 2.24) is 5.32 Å². The first-order chi connectivity index (χ1) is 9.51. The molecule has 1 fully saturated rings. The van der Waals surface area contributed by atoms with Gasteiger partial charge in [-0.25, -0.2) is 4.39 Å². The molecule has 1 aliphatic rings. The number of benzene rings is 1. The van der Waals surface area contributed by atoms with E-state index in [1.54, 1.807) is 6.07 Å². The molecule has 1 saturated carbocycles. The molecular formula is C18H28FN. The monoisotopic (exact) mass is 277 g/mol. The van der Waals surface area contributed by atoms with Gasteiger partial charge in [-0.3, -0.25) is 0 Å². The molecule has 1 aliphatic carbocycles. The molecule has 0 aromatic heterocycles. The van der Waals surface area contributed by atoms with Gasteiger partial charge in [-0.05, 0) is 67.7 Å². The molecule has 1 aromatic carbocycles. The highest BCUT2D eigenvalue weighted by atomic mass is 19.1. The fourth-order valence-electron chi connectivity index (χ4n) is 3.92. The molecule has 1 nitrogen and oxygen atoms in total. The van der Waals surface area contributed by atoms with Crippen LogP contribution in [0.25, 0.3) is 0 Å². The Morgan fingerprint density at radius 1 is 1.20 bits per heavy atom. The molecule has 0 radical (unpaired) electrons. The summed E-state index contributed by atoms with van der Waals surface area (Å²) < 4.78 is 13.5. The zero-order chi connectivity index (χ0) is 14.7. The Hall–Kier alpha value is -0.890. The minimum Gasteiger partial charge on any atom is -0.310 e. The second-order valence-corrected chi connectivity index (χ2v) is 6.72. The summed E-state index contributed by atoms with van der Waals surface area (Å²) in [5.74, 6) is 2.16. The molecule has 1 aromatic rings. The number of aryl methyl sites for hydroxylation is 1. The third-order valence-electron chi connectivity index (χ3n) is 4.65. The molecule has 20 heavy (non-hydrogen) atoms. The van der Waals surface area contributed by atoms with Crippen LogP contribution in [0, 0.1) is 30.5 Å². The molecule has 1 N–H and O–H groups in total. The smallest absolute Gasteiger partial charge is 0.126 e. The molecule has 0 saturated heterocycles. The fraction of sp³-hybridized carbons (Fsp3) is 0.667. The maximum atomic E-state index is 13.5. The average molecular weight is 277 g/mol. The fourth-order valence-corrected chi connectivity index (χ4v) is 3.92. The van der Waals surface area contributed by atoms with Crippen LogP contribution in [-0.2, 0) is 0 Å². The van der Waals surface area contributed by atoms with E-state index < -0.39 is 0 Å². The van der Waals surface area contributed by atoms with Crippen molar-refractivity contribution in [3.8, 4) is 0 Å². The molecule has 2 heteroatoms. The van der Waals surface area contributed by atoms with E-state index in [-0.39, 0.29) is 5.82 Å². The van der Waals surface area contributed by atoms with Crippen molar-refractivity contribution in [3.05, 3.63) is 35.1 Å². The first kappa shape index (κ1) is 15.5. The van der Waals surface area contributed by atoms with Crippen molar-refractivity contribution < 1.29 is 4.39 Å². The van der Waals surface area contributed by atoms with Gasteiger partial charge in [0.1, 0.15) is 5.82 Å². The van der Waals surface area contributed by atoms with Gasteiger partial charge in [0.2, 0.25) is 0 Å². The zero-order valence-electron chi connectivity index (χ0n) is 13.2. The van der Waals surface area contributed by atoms with Gasteiger partial charge in [0.25, 0.3) is 0 Å². The lowest BCUT2D eigenvalue weighted by Crippen LogP contribution is -2.33.